The molecule has 0 N–H and O–H groups in total. The van der Waals surface area contributed by atoms with Gasteiger partial charge < -0.3 is 14.2 Å². The highest BCUT2D eigenvalue weighted by atomic mass is 16.6. The van der Waals surface area contributed by atoms with E-state index >= 15 is 0 Å². The molecule has 1 atom stereocenters. The van der Waals surface area contributed by atoms with Crippen LogP contribution in [-0.4, -0.2) is 37.2 Å². The first-order chi connectivity index (χ1) is 34.5. The van der Waals surface area contributed by atoms with Gasteiger partial charge in [-0.15, -0.1) is 0 Å². The van der Waals surface area contributed by atoms with E-state index < -0.39 is 6.10 Å². The fourth-order valence-corrected chi connectivity index (χ4v) is 7.95. The van der Waals surface area contributed by atoms with E-state index in [0.717, 1.165) is 135 Å². The lowest BCUT2D eigenvalue weighted by Gasteiger charge is -2.18. The van der Waals surface area contributed by atoms with Crippen molar-refractivity contribution in [2.24, 2.45) is 0 Å². The molecule has 6 nitrogen and oxygen atoms in total. The molecule has 0 saturated carbocycles. The molecule has 0 aliphatic rings. The molecule has 400 valence electrons. The summed E-state index contributed by atoms with van der Waals surface area (Å²) in [4.78, 5) is 38.0. The summed E-state index contributed by atoms with van der Waals surface area (Å²) in [6.07, 6.45) is 76.9. The van der Waals surface area contributed by atoms with E-state index in [2.05, 4.69) is 118 Å². The highest BCUT2D eigenvalue weighted by Gasteiger charge is 2.19. The van der Waals surface area contributed by atoms with E-state index in [9.17, 15) is 14.4 Å². The van der Waals surface area contributed by atoms with Crippen LogP contribution >= 0.6 is 0 Å². The zero-order chi connectivity index (χ0) is 50.7. The van der Waals surface area contributed by atoms with E-state index in [1.807, 2.05) is 0 Å². The number of hydrogen-bond donors (Lipinski definition) is 0. The van der Waals surface area contributed by atoms with E-state index in [-0.39, 0.29) is 31.1 Å². The summed E-state index contributed by atoms with van der Waals surface area (Å²) in [5, 5.41) is 0. The highest BCUT2D eigenvalue weighted by molar-refractivity contribution is 5.71. The van der Waals surface area contributed by atoms with Crippen molar-refractivity contribution in [1.29, 1.82) is 0 Å². The first-order valence-corrected chi connectivity index (χ1v) is 29.2. The molecule has 0 spiro atoms. The van der Waals surface area contributed by atoms with Crippen molar-refractivity contribution in [2.75, 3.05) is 13.2 Å². The predicted octanol–water partition coefficient (Wildman–Crippen LogP) is 19.7. The Bertz CT molecular complexity index is 1400. The molecule has 0 heterocycles. The quantitative estimate of drug-likeness (QED) is 0.0262. The summed E-state index contributed by atoms with van der Waals surface area (Å²) < 4.78 is 16.8. The third-order valence-corrected chi connectivity index (χ3v) is 12.3. The Morgan fingerprint density at radius 2 is 0.557 bits per heavy atom. The van der Waals surface area contributed by atoms with Gasteiger partial charge in [-0.05, 0) is 103 Å². The summed E-state index contributed by atoms with van der Waals surface area (Å²) in [5.74, 6) is -0.914. The van der Waals surface area contributed by atoms with Gasteiger partial charge in [-0.2, -0.15) is 0 Å². The molecule has 0 saturated heterocycles. The number of carbonyl (C=O) groups excluding carboxylic acids is 3. The molecule has 6 heteroatoms. The van der Waals surface area contributed by atoms with Crippen LogP contribution in [0.1, 0.15) is 271 Å². The Morgan fingerprint density at radius 3 is 0.886 bits per heavy atom. The summed E-state index contributed by atoms with van der Waals surface area (Å²) >= 11 is 0. The number of ether oxygens (including phenoxy) is 3. The van der Waals surface area contributed by atoms with Gasteiger partial charge in [0.05, 0.1) is 0 Å². The second kappa shape index (κ2) is 57.9. The van der Waals surface area contributed by atoms with Crippen molar-refractivity contribution >= 4 is 17.9 Å². The van der Waals surface area contributed by atoms with Gasteiger partial charge in [-0.1, -0.05) is 246 Å². The first kappa shape index (κ1) is 66.3. The fraction of sp³-hybridized carbons (Fsp3) is 0.703. The van der Waals surface area contributed by atoms with Crippen molar-refractivity contribution in [1.82, 2.24) is 0 Å². The van der Waals surface area contributed by atoms with Gasteiger partial charge in [0, 0.05) is 19.3 Å². The number of unbranched alkanes of at least 4 members (excludes halogenated alkanes) is 25. The zero-order valence-electron chi connectivity index (χ0n) is 45.8. The molecule has 0 amide bonds. The Kier molecular flexibility index (Phi) is 54.9. The summed E-state index contributed by atoms with van der Waals surface area (Å²) in [6, 6.07) is 0. The van der Waals surface area contributed by atoms with Crippen LogP contribution in [0.3, 0.4) is 0 Å². The second-order valence-corrected chi connectivity index (χ2v) is 19.2. The van der Waals surface area contributed by atoms with Crippen LogP contribution in [0.2, 0.25) is 0 Å². The molecule has 0 aromatic heterocycles. The van der Waals surface area contributed by atoms with Crippen molar-refractivity contribution in [3.8, 4) is 0 Å². The third-order valence-electron chi connectivity index (χ3n) is 12.3. The van der Waals surface area contributed by atoms with Gasteiger partial charge in [0.1, 0.15) is 13.2 Å². The van der Waals surface area contributed by atoms with Gasteiger partial charge in [0.2, 0.25) is 0 Å². The molecule has 0 bridgehead atoms. The number of rotatable bonds is 52. The summed E-state index contributed by atoms with van der Waals surface area (Å²) in [5.41, 5.74) is 0. The number of hydrogen-bond acceptors (Lipinski definition) is 6. The lowest BCUT2D eigenvalue weighted by molar-refractivity contribution is -0.167. The first-order valence-electron chi connectivity index (χ1n) is 29.2. The SMILES string of the molecule is CC/C=C\C/C=C\C/C=C\C/C=C\C/C=C\C/C=C\C/C=C\CCCCCCCC(=O)OCC(COC(=O)CCCCCCCCCCC)OC(=O)CCCCCCC/C=C\CCCCCCCCC. The topological polar surface area (TPSA) is 78.9 Å². The molecule has 0 rings (SSSR count). The van der Waals surface area contributed by atoms with Gasteiger partial charge in [0.15, 0.2) is 6.10 Å². The van der Waals surface area contributed by atoms with Crippen LogP contribution in [0.15, 0.2) is 97.2 Å². The van der Waals surface area contributed by atoms with Gasteiger partial charge in [-0.25, -0.2) is 0 Å². The average Bonchev–Trinajstić information content (AvgIpc) is 3.36. The van der Waals surface area contributed by atoms with Crippen LogP contribution in [0, 0.1) is 0 Å². The zero-order valence-corrected chi connectivity index (χ0v) is 45.8. The molecule has 1 unspecified atom stereocenters. The maximum Gasteiger partial charge on any atom is 0.306 e. The molecule has 0 aromatic rings. The Balaban J connectivity index is 4.30. The Hall–Kier alpha value is -3.67. The van der Waals surface area contributed by atoms with Crippen LogP contribution in [0.25, 0.3) is 0 Å². The molecule has 0 aromatic carbocycles. The summed E-state index contributed by atoms with van der Waals surface area (Å²) in [7, 11) is 0. The normalized spacial score (nSPS) is 12.8. The molecule has 0 aliphatic carbocycles. The highest BCUT2D eigenvalue weighted by Crippen LogP contribution is 2.14. The Labute approximate surface area is 432 Å². The monoisotopic (exact) mass is 973 g/mol. The van der Waals surface area contributed by atoms with E-state index in [1.54, 1.807) is 0 Å². The van der Waals surface area contributed by atoms with Crippen molar-refractivity contribution in [3.05, 3.63) is 97.2 Å². The maximum absolute atomic E-state index is 12.8. The summed E-state index contributed by atoms with van der Waals surface area (Å²) in [6.45, 7) is 6.49. The smallest absolute Gasteiger partial charge is 0.306 e. The minimum atomic E-state index is -0.788. The lowest BCUT2D eigenvalue weighted by atomic mass is 10.1. The van der Waals surface area contributed by atoms with Crippen LogP contribution < -0.4 is 0 Å². The average molecular weight is 974 g/mol. The Morgan fingerprint density at radius 1 is 0.300 bits per heavy atom. The predicted molar refractivity (Wildman–Crippen MR) is 302 cm³/mol. The fourth-order valence-electron chi connectivity index (χ4n) is 7.95. The molecule has 70 heavy (non-hydrogen) atoms. The van der Waals surface area contributed by atoms with Gasteiger partial charge in [-0.3, -0.25) is 14.4 Å². The van der Waals surface area contributed by atoms with Gasteiger partial charge in [0.25, 0.3) is 0 Å². The second-order valence-electron chi connectivity index (χ2n) is 19.2. The molecule has 0 aliphatic heterocycles. The van der Waals surface area contributed by atoms with E-state index in [1.165, 1.54) is 96.3 Å². The van der Waals surface area contributed by atoms with E-state index in [0.29, 0.717) is 19.3 Å². The van der Waals surface area contributed by atoms with Crippen molar-refractivity contribution in [3.63, 3.8) is 0 Å². The number of allylic oxidation sites excluding steroid dienone is 16. The largest absolute Gasteiger partial charge is 0.462 e. The van der Waals surface area contributed by atoms with Crippen molar-refractivity contribution < 1.29 is 28.6 Å². The number of esters is 3. The van der Waals surface area contributed by atoms with Crippen LogP contribution in [0.5, 0.6) is 0 Å². The molecular formula is C64H108O6. The van der Waals surface area contributed by atoms with E-state index in [4.69, 9.17) is 14.2 Å². The van der Waals surface area contributed by atoms with Gasteiger partial charge >= 0.3 is 17.9 Å². The molecular weight excluding hydrogens is 865 g/mol. The van der Waals surface area contributed by atoms with Crippen molar-refractivity contribution in [2.45, 2.75) is 277 Å². The third kappa shape index (κ3) is 55.3. The lowest BCUT2D eigenvalue weighted by Crippen LogP contribution is -2.30. The minimum absolute atomic E-state index is 0.0857. The van der Waals surface area contributed by atoms with Crippen LogP contribution in [0.4, 0.5) is 0 Å². The minimum Gasteiger partial charge on any atom is -0.462 e. The standard InChI is InChI=1S/C64H108O6/c1-4-7-10-13-16-19-21-23-25-27-28-29-30-31-32-33-34-35-36-37-39-40-42-45-48-51-54-57-63(66)69-60-61(59-68-62(65)56-53-50-47-44-18-15-12-9-6-3)70-64(67)58-55-52-49-46-43-41-38-26-24-22-20-17-14-11-8-5-2/h7,10,16,19,23,25-26,28-29,31-32,34-35,37-39,61H,4-6,8-9,11-15,17-18,20-22,24,27,30,33,36,40-60H2,1-3H3/b10-7-,19-16-,25-23-,29-28-,32-31-,35-34-,38-26-,39-37-. The van der Waals surface area contributed by atoms with Crippen LogP contribution in [-0.2, 0) is 28.6 Å². The maximum atomic E-state index is 12.8. The molecule has 0 fully saturated rings. The number of carbonyl (C=O) groups is 3. The molecule has 0 radical (unpaired) electrons.